The molecule has 3 heterocycles. The molecular formula is C20H20N4O. The molecule has 5 nitrogen and oxygen atoms in total. The molecule has 3 aromatic rings. The predicted octanol–water partition coefficient (Wildman–Crippen LogP) is 2.70. The number of nitrogens with zero attached hydrogens (tertiary/aromatic N) is 3. The lowest BCUT2D eigenvalue weighted by Gasteiger charge is -2.28. The zero-order chi connectivity index (χ0) is 17.2. The average molecular weight is 332 g/mol. The Labute approximate surface area is 146 Å². The van der Waals surface area contributed by atoms with Gasteiger partial charge in [-0.15, -0.1) is 0 Å². The maximum atomic E-state index is 12.4. The highest BCUT2D eigenvalue weighted by atomic mass is 16.1. The molecule has 0 atom stereocenters. The van der Waals surface area contributed by atoms with E-state index in [4.69, 9.17) is 4.98 Å². The van der Waals surface area contributed by atoms with Gasteiger partial charge in [0.25, 0.3) is 5.56 Å². The second-order valence-electron chi connectivity index (χ2n) is 6.46. The van der Waals surface area contributed by atoms with E-state index in [1.807, 2.05) is 12.1 Å². The van der Waals surface area contributed by atoms with Crippen molar-refractivity contribution in [2.24, 2.45) is 0 Å². The Morgan fingerprint density at radius 1 is 1.16 bits per heavy atom. The van der Waals surface area contributed by atoms with Crippen LogP contribution in [0, 0.1) is 6.92 Å². The second-order valence-corrected chi connectivity index (χ2v) is 6.46. The van der Waals surface area contributed by atoms with Crippen LogP contribution in [0.5, 0.6) is 0 Å². The zero-order valence-electron chi connectivity index (χ0n) is 14.2. The summed E-state index contributed by atoms with van der Waals surface area (Å²) in [6.07, 6.45) is 4.15. The molecule has 1 N–H and O–H groups in total. The molecule has 0 aliphatic carbocycles. The summed E-state index contributed by atoms with van der Waals surface area (Å²) in [6, 6.07) is 12.2. The summed E-state index contributed by atoms with van der Waals surface area (Å²) in [7, 11) is 0. The van der Waals surface area contributed by atoms with Crippen molar-refractivity contribution in [1.29, 1.82) is 0 Å². The van der Waals surface area contributed by atoms with Gasteiger partial charge in [-0.1, -0.05) is 24.3 Å². The molecule has 0 saturated carbocycles. The molecule has 0 unspecified atom stereocenters. The van der Waals surface area contributed by atoms with Crippen molar-refractivity contribution in [1.82, 2.24) is 19.9 Å². The van der Waals surface area contributed by atoms with Gasteiger partial charge in [0.05, 0.1) is 5.69 Å². The first-order valence-electron chi connectivity index (χ1n) is 8.50. The van der Waals surface area contributed by atoms with Crippen LogP contribution in [0.2, 0.25) is 0 Å². The van der Waals surface area contributed by atoms with Gasteiger partial charge in [-0.2, -0.15) is 0 Å². The number of hydrogen-bond acceptors (Lipinski definition) is 4. The van der Waals surface area contributed by atoms with Crippen molar-refractivity contribution < 1.29 is 0 Å². The third-order valence-electron chi connectivity index (χ3n) is 4.76. The van der Waals surface area contributed by atoms with Crippen molar-refractivity contribution in [3.05, 3.63) is 81.5 Å². The monoisotopic (exact) mass is 332 g/mol. The van der Waals surface area contributed by atoms with Crippen LogP contribution in [0.3, 0.4) is 0 Å². The minimum Gasteiger partial charge on any atom is -0.306 e. The van der Waals surface area contributed by atoms with E-state index < -0.39 is 0 Å². The van der Waals surface area contributed by atoms with Crippen molar-refractivity contribution in [3.63, 3.8) is 0 Å². The maximum absolute atomic E-state index is 12.4. The molecule has 5 heteroatoms. The maximum Gasteiger partial charge on any atom is 0.254 e. The first kappa shape index (κ1) is 15.7. The highest BCUT2D eigenvalue weighted by molar-refractivity contribution is 5.54. The van der Waals surface area contributed by atoms with E-state index in [2.05, 4.69) is 46.1 Å². The van der Waals surface area contributed by atoms with E-state index >= 15 is 0 Å². The number of benzene rings is 1. The molecule has 1 aliphatic heterocycles. The minimum absolute atomic E-state index is 0.0210. The summed E-state index contributed by atoms with van der Waals surface area (Å²) in [4.78, 5) is 26.5. The van der Waals surface area contributed by atoms with Crippen molar-refractivity contribution in [2.75, 3.05) is 6.54 Å². The molecule has 126 valence electrons. The molecule has 0 bridgehead atoms. The topological polar surface area (TPSA) is 61.9 Å². The highest BCUT2D eigenvalue weighted by Crippen LogP contribution is 2.20. The fraction of sp³-hybridized carbons (Fsp3) is 0.250. The summed E-state index contributed by atoms with van der Waals surface area (Å²) >= 11 is 0. The van der Waals surface area contributed by atoms with Gasteiger partial charge in [0.2, 0.25) is 0 Å². The van der Waals surface area contributed by atoms with Gasteiger partial charge in [0.1, 0.15) is 5.82 Å². The molecule has 0 amide bonds. The highest BCUT2D eigenvalue weighted by Gasteiger charge is 2.21. The number of hydrogen-bond donors (Lipinski definition) is 1. The van der Waals surface area contributed by atoms with E-state index in [9.17, 15) is 4.79 Å². The van der Waals surface area contributed by atoms with Gasteiger partial charge >= 0.3 is 0 Å². The Morgan fingerprint density at radius 3 is 2.76 bits per heavy atom. The molecule has 4 rings (SSSR count). The van der Waals surface area contributed by atoms with Crippen LogP contribution in [0.1, 0.15) is 22.4 Å². The van der Waals surface area contributed by atoms with Crippen LogP contribution in [0.4, 0.5) is 0 Å². The smallest absolute Gasteiger partial charge is 0.254 e. The molecule has 1 aromatic carbocycles. The van der Waals surface area contributed by atoms with E-state index in [1.165, 1.54) is 11.1 Å². The number of aryl methyl sites for hydroxylation is 1. The molecule has 1 aliphatic rings. The standard InChI is InChI=1S/C20H20N4O/c1-14-4-2-3-5-16(14)12-24-11-8-17-18(13-24)22-19(23-20(17)25)15-6-9-21-10-7-15/h2-7,9-10H,8,11-13H2,1H3,(H,22,23,25). The third kappa shape index (κ3) is 3.23. The Bertz CT molecular complexity index is 949. The molecule has 25 heavy (non-hydrogen) atoms. The number of pyridine rings is 1. The van der Waals surface area contributed by atoms with E-state index in [-0.39, 0.29) is 5.56 Å². The van der Waals surface area contributed by atoms with Gasteiger partial charge in [-0.3, -0.25) is 14.7 Å². The number of H-pyrrole nitrogens is 1. The Kier molecular flexibility index (Phi) is 4.15. The van der Waals surface area contributed by atoms with Crippen molar-refractivity contribution in [3.8, 4) is 11.4 Å². The van der Waals surface area contributed by atoms with Gasteiger partial charge in [-0.05, 0) is 36.6 Å². The summed E-state index contributed by atoms with van der Waals surface area (Å²) in [5, 5.41) is 0. The van der Waals surface area contributed by atoms with Crippen LogP contribution in [0.15, 0.2) is 53.6 Å². The lowest BCUT2D eigenvalue weighted by Crippen LogP contribution is -2.35. The van der Waals surface area contributed by atoms with E-state index in [1.54, 1.807) is 12.4 Å². The predicted molar refractivity (Wildman–Crippen MR) is 97.1 cm³/mol. The number of aromatic nitrogens is 3. The van der Waals surface area contributed by atoms with Crippen molar-refractivity contribution in [2.45, 2.75) is 26.4 Å². The van der Waals surface area contributed by atoms with Crippen LogP contribution >= 0.6 is 0 Å². The van der Waals surface area contributed by atoms with Crippen LogP contribution in [0.25, 0.3) is 11.4 Å². The first-order chi connectivity index (χ1) is 12.2. The molecule has 0 saturated heterocycles. The molecule has 0 fully saturated rings. The van der Waals surface area contributed by atoms with Gasteiger partial charge in [-0.25, -0.2) is 4.98 Å². The van der Waals surface area contributed by atoms with Gasteiger partial charge in [0.15, 0.2) is 0 Å². The Morgan fingerprint density at radius 2 is 1.96 bits per heavy atom. The first-order valence-corrected chi connectivity index (χ1v) is 8.50. The number of aromatic amines is 1. The second kappa shape index (κ2) is 6.61. The third-order valence-corrected chi connectivity index (χ3v) is 4.76. The molecule has 0 spiro atoms. The minimum atomic E-state index is -0.0210. The quantitative estimate of drug-likeness (QED) is 0.801. The SMILES string of the molecule is Cc1ccccc1CN1CCc2c(nc(-c3ccncc3)[nH]c2=O)C1. The molecular weight excluding hydrogens is 312 g/mol. The lowest BCUT2D eigenvalue weighted by molar-refractivity contribution is 0.240. The fourth-order valence-electron chi connectivity index (χ4n) is 3.30. The summed E-state index contributed by atoms with van der Waals surface area (Å²) in [5.74, 6) is 0.615. The van der Waals surface area contributed by atoms with Crippen LogP contribution in [-0.2, 0) is 19.5 Å². The molecule has 0 radical (unpaired) electrons. The molecule has 2 aromatic heterocycles. The summed E-state index contributed by atoms with van der Waals surface area (Å²) in [6.45, 7) is 4.59. The fourth-order valence-corrected chi connectivity index (χ4v) is 3.30. The summed E-state index contributed by atoms with van der Waals surface area (Å²) in [5.41, 5.74) is 5.18. The lowest BCUT2D eigenvalue weighted by atomic mass is 10.0. The van der Waals surface area contributed by atoms with Crippen molar-refractivity contribution >= 4 is 0 Å². The number of fused-ring (bicyclic) bond motifs is 1. The van der Waals surface area contributed by atoms with Gasteiger partial charge < -0.3 is 4.98 Å². The largest absolute Gasteiger partial charge is 0.306 e. The normalized spacial score (nSPS) is 14.3. The number of rotatable bonds is 3. The number of nitrogens with one attached hydrogen (secondary N) is 1. The van der Waals surface area contributed by atoms with E-state index in [0.717, 1.165) is 36.3 Å². The van der Waals surface area contributed by atoms with Crippen LogP contribution < -0.4 is 5.56 Å². The Balaban J connectivity index is 1.63. The van der Waals surface area contributed by atoms with Crippen LogP contribution in [-0.4, -0.2) is 26.4 Å². The average Bonchev–Trinajstić information content (AvgIpc) is 2.64. The Hall–Kier alpha value is -2.79. The van der Waals surface area contributed by atoms with E-state index in [0.29, 0.717) is 12.4 Å². The van der Waals surface area contributed by atoms with Gasteiger partial charge in [0, 0.05) is 43.2 Å². The summed E-state index contributed by atoms with van der Waals surface area (Å²) < 4.78 is 0. The zero-order valence-corrected chi connectivity index (χ0v) is 14.2.